The van der Waals surface area contributed by atoms with Crippen molar-refractivity contribution in [3.05, 3.63) is 29.3 Å². The summed E-state index contributed by atoms with van der Waals surface area (Å²) in [6.07, 6.45) is 0. The van der Waals surface area contributed by atoms with Crippen LogP contribution in [0.15, 0.2) is 18.2 Å². The van der Waals surface area contributed by atoms with Crippen LogP contribution in [-0.4, -0.2) is 43.5 Å². The zero-order valence-corrected chi connectivity index (χ0v) is 14.1. The van der Waals surface area contributed by atoms with Crippen LogP contribution in [0.5, 0.6) is 5.75 Å². The maximum absolute atomic E-state index is 11.6. The number of hydrogen-bond acceptors (Lipinski definition) is 4. The molecular formula is C17H25ClN2O2. The SMILES string of the molecule is CCOc1ccc(C(C)=O)cc1CN1C[C@H]2CNC[C@H]2C1.Cl. The lowest BCUT2D eigenvalue weighted by Crippen LogP contribution is -2.25. The van der Waals surface area contributed by atoms with Crippen molar-refractivity contribution < 1.29 is 9.53 Å². The average molecular weight is 325 g/mol. The lowest BCUT2D eigenvalue weighted by molar-refractivity contribution is 0.101. The maximum Gasteiger partial charge on any atom is 0.159 e. The van der Waals surface area contributed by atoms with E-state index in [2.05, 4.69) is 10.2 Å². The van der Waals surface area contributed by atoms with Gasteiger partial charge < -0.3 is 10.1 Å². The van der Waals surface area contributed by atoms with Gasteiger partial charge in [-0.2, -0.15) is 0 Å². The van der Waals surface area contributed by atoms with E-state index in [1.165, 1.54) is 0 Å². The third-order valence-corrected chi connectivity index (χ3v) is 4.63. The van der Waals surface area contributed by atoms with E-state index in [-0.39, 0.29) is 18.2 Å². The molecule has 1 N–H and O–H groups in total. The molecule has 2 aliphatic heterocycles. The summed E-state index contributed by atoms with van der Waals surface area (Å²) < 4.78 is 5.73. The van der Waals surface area contributed by atoms with Gasteiger partial charge in [-0.05, 0) is 57.0 Å². The van der Waals surface area contributed by atoms with E-state index in [0.717, 1.165) is 61.4 Å². The molecule has 0 aliphatic carbocycles. The summed E-state index contributed by atoms with van der Waals surface area (Å²) in [7, 11) is 0. The Kier molecular flexibility index (Phi) is 5.84. The molecule has 1 aromatic rings. The fourth-order valence-electron chi connectivity index (χ4n) is 3.54. The summed E-state index contributed by atoms with van der Waals surface area (Å²) in [5, 5.41) is 3.47. The van der Waals surface area contributed by atoms with E-state index in [9.17, 15) is 4.79 Å². The van der Waals surface area contributed by atoms with Crippen LogP contribution in [0.1, 0.15) is 29.8 Å². The molecule has 2 atom stereocenters. The highest BCUT2D eigenvalue weighted by molar-refractivity contribution is 5.94. The standard InChI is InChI=1S/C17H24N2O2.ClH/c1-3-21-17-5-4-13(12(2)20)6-14(17)9-19-10-15-7-18-8-16(15)11-19;/h4-6,15-16,18H,3,7-11H2,1-2H3;1H/t15-,16+;. The summed E-state index contributed by atoms with van der Waals surface area (Å²) in [6, 6.07) is 5.80. The van der Waals surface area contributed by atoms with Crippen LogP contribution < -0.4 is 10.1 Å². The topological polar surface area (TPSA) is 41.6 Å². The first kappa shape index (κ1) is 17.3. The molecule has 2 fully saturated rings. The number of carbonyl (C=O) groups is 1. The number of fused-ring (bicyclic) bond motifs is 1. The Morgan fingerprint density at radius 1 is 1.32 bits per heavy atom. The lowest BCUT2D eigenvalue weighted by atomic mass is 10.0. The Morgan fingerprint density at radius 3 is 2.59 bits per heavy atom. The van der Waals surface area contributed by atoms with Crippen molar-refractivity contribution in [1.82, 2.24) is 10.2 Å². The van der Waals surface area contributed by atoms with Gasteiger partial charge in [-0.15, -0.1) is 12.4 Å². The second-order valence-electron chi connectivity index (χ2n) is 6.18. The molecule has 122 valence electrons. The zero-order chi connectivity index (χ0) is 14.8. The van der Waals surface area contributed by atoms with Crippen molar-refractivity contribution in [2.45, 2.75) is 20.4 Å². The number of rotatable bonds is 5. The summed E-state index contributed by atoms with van der Waals surface area (Å²) in [5.74, 6) is 2.60. The van der Waals surface area contributed by atoms with E-state index >= 15 is 0 Å². The normalized spacial score (nSPS) is 23.9. The van der Waals surface area contributed by atoms with Crippen molar-refractivity contribution in [3.63, 3.8) is 0 Å². The number of nitrogens with zero attached hydrogens (tertiary/aromatic N) is 1. The molecule has 0 amide bonds. The van der Waals surface area contributed by atoms with E-state index in [0.29, 0.717) is 6.61 Å². The van der Waals surface area contributed by atoms with E-state index < -0.39 is 0 Å². The highest BCUT2D eigenvalue weighted by Gasteiger charge is 2.36. The number of ether oxygens (including phenoxy) is 1. The van der Waals surface area contributed by atoms with E-state index in [1.807, 2.05) is 25.1 Å². The van der Waals surface area contributed by atoms with Gasteiger partial charge in [0.15, 0.2) is 5.78 Å². The minimum absolute atomic E-state index is 0. The molecule has 0 saturated carbocycles. The molecule has 2 heterocycles. The van der Waals surface area contributed by atoms with Gasteiger partial charge in [0.25, 0.3) is 0 Å². The summed E-state index contributed by atoms with van der Waals surface area (Å²) in [4.78, 5) is 14.1. The van der Waals surface area contributed by atoms with Gasteiger partial charge in [-0.3, -0.25) is 9.69 Å². The van der Waals surface area contributed by atoms with Gasteiger partial charge in [-0.25, -0.2) is 0 Å². The van der Waals surface area contributed by atoms with Gasteiger partial charge in [0, 0.05) is 30.8 Å². The van der Waals surface area contributed by atoms with E-state index in [1.54, 1.807) is 6.92 Å². The molecule has 22 heavy (non-hydrogen) atoms. The van der Waals surface area contributed by atoms with Gasteiger partial charge in [0.2, 0.25) is 0 Å². The Hall–Kier alpha value is -1.10. The third-order valence-electron chi connectivity index (χ3n) is 4.63. The smallest absolute Gasteiger partial charge is 0.159 e. The van der Waals surface area contributed by atoms with Crippen molar-refractivity contribution in [1.29, 1.82) is 0 Å². The Bertz CT molecular complexity index is 523. The molecule has 3 rings (SSSR count). The average Bonchev–Trinajstić information content (AvgIpc) is 3.01. The van der Waals surface area contributed by atoms with Crippen LogP contribution in [-0.2, 0) is 6.54 Å². The van der Waals surface area contributed by atoms with Crippen molar-refractivity contribution in [2.75, 3.05) is 32.8 Å². The quantitative estimate of drug-likeness (QED) is 0.844. The van der Waals surface area contributed by atoms with Gasteiger partial charge in [-0.1, -0.05) is 0 Å². The first-order valence-corrected chi connectivity index (χ1v) is 7.87. The summed E-state index contributed by atoms with van der Waals surface area (Å²) >= 11 is 0. The molecule has 1 aromatic carbocycles. The Labute approximate surface area is 138 Å². The largest absolute Gasteiger partial charge is 0.494 e. The van der Waals surface area contributed by atoms with Crippen molar-refractivity contribution in [2.24, 2.45) is 11.8 Å². The highest BCUT2D eigenvalue weighted by atomic mass is 35.5. The Morgan fingerprint density at radius 2 is 2.00 bits per heavy atom. The third kappa shape index (κ3) is 3.62. The van der Waals surface area contributed by atoms with Crippen LogP contribution in [0.2, 0.25) is 0 Å². The number of nitrogens with one attached hydrogen (secondary N) is 1. The van der Waals surface area contributed by atoms with Crippen LogP contribution in [0, 0.1) is 11.8 Å². The highest BCUT2D eigenvalue weighted by Crippen LogP contribution is 2.30. The number of Topliss-reactive ketones (excluding diaryl/α,β-unsaturated/α-hetero) is 1. The summed E-state index contributed by atoms with van der Waals surface area (Å²) in [5.41, 5.74) is 1.91. The first-order chi connectivity index (χ1) is 10.2. The fraction of sp³-hybridized carbons (Fsp3) is 0.588. The maximum atomic E-state index is 11.6. The number of carbonyl (C=O) groups excluding carboxylic acids is 1. The van der Waals surface area contributed by atoms with Crippen molar-refractivity contribution in [3.8, 4) is 5.75 Å². The number of ketones is 1. The number of halogens is 1. The predicted molar refractivity (Wildman–Crippen MR) is 90.0 cm³/mol. The summed E-state index contributed by atoms with van der Waals surface area (Å²) in [6.45, 7) is 9.73. The molecule has 2 saturated heterocycles. The fourth-order valence-corrected chi connectivity index (χ4v) is 3.54. The van der Waals surface area contributed by atoms with Crippen molar-refractivity contribution >= 4 is 18.2 Å². The Balaban J connectivity index is 0.00000176. The van der Waals surface area contributed by atoms with Gasteiger partial charge in [0.1, 0.15) is 5.75 Å². The molecule has 4 nitrogen and oxygen atoms in total. The molecule has 0 bridgehead atoms. The molecule has 5 heteroatoms. The van der Waals surface area contributed by atoms with Gasteiger partial charge >= 0.3 is 0 Å². The molecule has 0 aromatic heterocycles. The van der Waals surface area contributed by atoms with Crippen LogP contribution in [0.25, 0.3) is 0 Å². The van der Waals surface area contributed by atoms with Gasteiger partial charge in [0.05, 0.1) is 6.61 Å². The van der Waals surface area contributed by atoms with Crippen LogP contribution in [0.4, 0.5) is 0 Å². The molecule has 0 unspecified atom stereocenters. The minimum atomic E-state index is 0. The second-order valence-corrected chi connectivity index (χ2v) is 6.18. The molecule has 2 aliphatic rings. The number of benzene rings is 1. The predicted octanol–water partition coefficient (Wildman–Crippen LogP) is 2.36. The van der Waals surface area contributed by atoms with E-state index in [4.69, 9.17) is 4.74 Å². The number of hydrogen-bond donors (Lipinski definition) is 1. The molecule has 0 radical (unpaired) electrons. The second kappa shape index (κ2) is 7.44. The van der Waals surface area contributed by atoms with Crippen LogP contribution in [0.3, 0.4) is 0 Å². The molecular weight excluding hydrogens is 300 g/mol. The van der Waals surface area contributed by atoms with Crippen LogP contribution >= 0.6 is 12.4 Å². The lowest BCUT2D eigenvalue weighted by Gasteiger charge is -2.19. The first-order valence-electron chi connectivity index (χ1n) is 7.87. The zero-order valence-electron chi connectivity index (χ0n) is 13.3. The monoisotopic (exact) mass is 324 g/mol. The minimum Gasteiger partial charge on any atom is -0.494 e. The molecule has 0 spiro atoms. The number of likely N-dealkylation sites (tertiary alicyclic amines) is 1.